The number of rotatable bonds is 1. The lowest BCUT2D eigenvalue weighted by molar-refractivity contribution is 0.949. The van der Waals surface area contributed by atoms with Gasteiger partial charge in [0.25, 0.3) is 0 Å². The Labute approximate surface area is 94.9 Å². The Bertz CT molecular complexity index is 516. The number of nitrogens with zero attached hydrogens (tertiary/aromatic N) is 2. The Morgan fingerprint density at radius 2 is 1.94 bits per heavy atom. The molecule has 0 unspecified atom stereocenters. The van der Waals surface area contributed by atoms with Crippen LogP contribution in [-0.2, 0) is 0 Å². The molecule has 16 heavy (non-hydrogen) atoms. The van der Waals surface area contributed by atoms with Gasteiger partial charge >= 0.3 is 0 Å². The predicted molar refractivity (Wildman–Crippen MR) is 67.6 cm³/mol. The molecule has 1 aliphatic rings. The second-order valence-electron chi connectivity index (χ2n) is 4.34. The molecule has 3 rings (SSSR count). The first-order chi connectivity index (χ1) is 7.83. The minimum Gasteiger partial charge on any atom is -0.397 e. The Balaban J connectivity index is 2.07. The van der Waals surface area contributed by atoms with Crippen LogP contribution in [0.25, 0.3) is 10.9 Å². The third kappa shape index (κ3) is 1.58. The van der Waals surface area contributed by atoms with Crippen LogP contribution < -0.4 is 10.6 Å². The van der Waals surface area contributed by atoms with Gasteiger partial charge < -0.3 is 10.6 Å². The van der Waals surface area contributed by atoms with Crippen LogP contribution in [0.3, 0.4) is 0 Å². The zero-order valence-electron chi connectivity index (χ0n) is 9.19. The van der Waals surface area contributed by atoms with Crippen LogP contribution in [0.5, 0.6) is 0 Å². The molecule has 0 spiro atoms. The highest BCUT2D eigenvalue weighted by atomic mass is 15.1. The summed E-state index contributed by atoms with van der Waals surface area (Å²) in [6.07, 6.45) is 4.30. The van der Waals surface area contributed by atoms with E-state index in [4.69, 9.17) is 5.73 Å². The summed E-state index contributed by atoms with van der Waals surface area (Å²) < 4.78 is 0. The van der Waals surface area contributed by atoms with Gasteiger partial charge in [-0.15, -0.1) is 0 Å². The van der Waals surface area contributed by atoms with Gasteiger partial charge in [-0.2, -0.15) is 0 Å². The molecule has 0 bridgehead atoms. The molecular formula is C13H15N3. The second-order valence-corrected chi connectivity index (χ2v) is 4.34. The molecule has 2 heterocycles. The molecule has 2 N–H and O–H groups in total. The Morgan fingerprint density at radius 3 is 2.75 bits per heavy atom. The van der Waals surface area contributed by atoms with E-state index in [0.717, 1.165) is 16.6 Å². The van der Waals surface area contributed by atoms with Crippen LogP contribution >= 0.6 is 0 Å². The fourth-order valence-electron chi connectivity index (χ4n) is 2.31. The van der Waals surface area contributed by atoms with E-state index in [1.54, 1.807) is 6.20 Å². The zero-order chi connectivity index (χ0) is 11.0. The zero-order valence-corrected chi connectivity index (χ0v) is 9.19. The largest absolute Gasteiger partial charge is 0.397 e. The summed E-state index contributed by atoms with van der Waals surface area (Å²) in [6.45, 7) is 2.34. The molecular weight excluding hydrogens is 198 g/mol. The normalized spacial score (nSPS) is 15.9. The first-order valence-electron chi connectivity index (χ1n) is 5.73. The molecule has 0 radical (unpaired) electrons. The average molecular weight is 213 g/mol. The van der Waals surface area contributed by atoms with Crippen molar-refractivity contribution in [3.63, 3.8) is 0 Å². The van der Waals surface area contributed by atoms with E-state index in [1.165, 1.54) is 31.6 Å². The van der Waals surface area contributed by atoms with Crippen LogP contribution in [0, 0.1) is 0 Å². The molecule has 0 aliphatic carbocycles. The highest BCUT2D eigenvalue weighted by molar-refractivity contribution is 5.84. The minimum absolute atomic E-state index is 0.728. The number of anilines is 2. The van der Waals surface area contributed by atoms with Crippen molar-refractivity contribution < 1.29 is 0 Å². The lowest BCUT2D eigenvalue weighted by Gasteiger charge is -2.17. The lowest BCUT2D eigenvalue weighted by Crippen LogP contribution is -2.17. The van der Waals surface area contributed by atoms with Gasteiger partial charge in [0, 0.05) is 24.2 Å². The SMILES string of the molecule is Nc1cnc2ccc(N3CCCC3)cc2c1. The Kier molecular flexibility index (Phi) is 2.17. The monoisotopic (exact) mass is 213 g/mol. The highest BCUT2D eigenvalue weighted by Crippen LogP contribution is 2.24. The van der Waals surface area contributed by atoms with E-state index in [2.05, 4.69) is 28.1 Å². The third-order valence-electron chi connectivity index (χ3n) is 3.16. The van der Waals surface area contributed by atoms with Crippen molar-refractivity contribution in [2.45, 2.75) is 12.8 Å². The summed E-state index contributed by atoms with van der Waals surface area (Å²) in [7, 11) is 0. The van der Waals surface area contributed by atoms with Crippen molar-refractivity contribution in [3.05, 3.63) is 30.5 Å². The lowest BCUT2D eigenvalue weighted by atomic mass is 10.2. The molecule has 2 aromatic rings. The van der Waals surface area contributed by atoms with Gasteiger partial charge in [0.15, 0.2) is 0 Å². The Morgan fingerprint density at radius 1 is 1.12 bits per heavy atom. The minimum atomic E-state index is 0.728. The standard InChI is InChI=1S/C13H15N3/c14-11-7-10-8-12(16-5-1-2-6-16)3-4-13(10)15-9-11/h3-4,7-9H,1-2,5-6,14H2. The van der Waals surface area contributed by atoms with E-state index in [-0.39, 0.29) is 0 Å². The maximum atomic E-state index is 5.75. The van der Waals surface area contributed by atoms with Gasteiger partial charge in [-0.05, 0) is 37.1 Å². The molecule has 1 fully saturated rings. The van der Waals surface area contributed by atoms with Gasteiger partial charge in [-0.3, -0.25) is 4.98 Å². The van der Waals surface area contributed by atoms with Gasteiger partial charge in [0.2, 0.25) is 0 Å². The number of nitrogen functional groups attached to an aromatic ring is 1. The van der Waals surface area contributed by atoms with Gasteiger partial charge in [-0.1, -0.05) is 0 Å². The van der Waals surface area contributed by atoms with E-state index in [1.807, 2.05) is 6.07 Å². The summed E-state index contributed by atoms with van der Waals surface area (Å²) in [4.78, 5) is 6.72. The quantitative estimate of drug-likeness (QED) is 0.791. The number of hydrogen-bond acceptors (Lipinski definition) is 3. The van der Waals surface area contributed by atoms with Crippen molar-refractivity contribution in [2.24, 2.45) is 0 Å². The average Bonchev–Trinajstić information content (AvgIpc) is 2.81. The summed E-state index contributed by atoms with van der Waals surface area (Å²) in [5, 5.41) is 1.13. The summed E-state index contributed by atoms with van der Waals surface area (Å²) in [5.41, 5.74) is 8.78. The van der Waals surface area contributed by atoms with Crippen molar-refractivity contribution in [3.8, 4) is 0 Å². The molecule has 1 aliphatic heterocycles. The van der Waals surface area contributed by atoms with Crippen molar-refractivity contribution in [2.75, 3.05) is 23.7 Å². The number of nitrogens with two attached hydrogens (primary N) is 1. The number of benzene rings is 1. The molecule has 82 valence electrons. The van der Waals surface area contributed by atoms with Crippen molar-refractivity contribution in [1.29, 1.82) is 0 Å². The molecule has 0 atom stereocenters. The summed E-state index contributed by atoms with van der Waals surface area (Å²) >= 11 is 0. The van der Waals surface area contributed by atoms with E-state index in [9.17, 15) is 0 Å². The first-order valence-corrected chi connectivity index (χ1v) is 5.73. The van der Waals surface area contributed by atoms with Gasteiger partial charge in [0.1, 0.15) is 0 Å². The molecule has 0 amide bonds. The van der Waals surface area contributed by atoms with E-state index >= 15 is 0 Å². The van der Waals surface area contributed by atoms with Crippen LogP contribution in [0.1, 0.15) is 12.8 Å². The molecule has 3 nitrogen and oxygen atoms in total. The smallest absolute Gasteiger partial charge is 0.0705 e. The molecule has 1 aromatic heterocycles. The fraction of sp³-hybridized carbons (Fsp3) is 0.308. The first kappa shape index (κ1) is 9.46. The van der Waals surface area contributed by atoms with E-state index < -0.39 is 0 Å². The highest BCUT2D eigenvalue weighted by Gasteiger charge is 2.12. The predicted octanol–water partition coefficient (Wildman–Crippen LogP) is 2.42. The van der Waals surface area contributed by atoms with Crippen LogP contribution in [0.4, 0.5) is 11.4 Å². The number of pyridine rings is 1. The van der Waals surface area contributed by atoms with Gasteiger partial charge in [0.05, 0.1) is 17.4 Å². The molecule has 3 heteroatoms. The van der Waals surface area contributed by atoms with Crippen molar-refractivity contribution in [1.82, 2.24) is 4.98 Å². The van der Waals surface area contributed by atoms with Crippen LogP contribution in [0.2, 0.25) is 0 Å². The van der Waals surface area contributed by atoms with Crippen molar-refractivity contribution >= 4 is 22.3 Å². The second kappa shape index (κ2) is 3.67. The van der Waals surface area contributed by atoms with Crippen LogP contribution in [-0.4, -0.2) is 18.1 Å². The Hall–Kier alpha value is -1.77. The molecule has 1 saturated heterocycles. The maximum absolute atomic E-state index is 5.75. The number of aromatic nitrogens is 1. The van der Waals surface area contributed by atoms with E-state index in [0.29, 0.717) is 0 Å². The molecule has 1 aromatic carbocycles. The third-order valence-corrected chi connectivity index (χ3v) is 3.16. The summed E-state index contributed by atoms with van der Waals surface area (Å²) in [6, 6.07) is 8.39. The van der Waals surface area contributed by atoms with Gasteiger partial charge in [-0.25, -0.2) is 0 Å². The summed E-state index contributed by atoms with van der Waals surface area (Å²) in [5.74, 6) is 0. The van der Waals surface area contributed by atoms with Crippen LogP contribution in [0.15, 0.2) is 30.5 Å². The number of fused-ring (bicyclic) bond motifs is 1. The molecule has 0 saturated carbocycles. The maximum Gasteiger partial charge on any atom is 0.0705 e. The number of hydrogen-bond donors (Lipinski definition) is 1. The fourth-order valence-corrected chi connectivity index (χ4v) is 2.31. The topological polar surface area (TPSA) is 42.1 Å².